The number of hydrogen-bond donors (Lipinski definition) is 1. The Balaban J connectivity index is 1.74. The minimum atomic E-state index is -3.67. The summed E-state index contributed by atoms with van der Waals surface area (Å²) in [5.41, 5.74) is 0.737. The number of carbonyl (C=O) groups excluding carboxylic acids is 1. The second-order valence-electron chi connectivity index (χ2n) is 8.92. The molecule has 2 heterocycles. The lowest BCUT2D eigenvalue weighted by molar-refractivity contribution is -0.131. The van der Waals surface area contributed by atoms with Crippen LogP contribution in [0.3, 0.4) is 0 Å². The van der Waals surface area contributed by atoms with Gasteiger partial charge in [0.2, 0.25) is 15.9 Å². The lowest BCUT2D eigenvalue weighted by atomic mass is 9.98. The molecule has 1 aromatic carbocycles. The van der Waals surface area contributed by atoms with Crippen LogP contribution in [0, 0.1) is 6.92 Å². The van der Waals surface area contributed by atoms with Crippen molar-refractivity contribution >= 4 is 15.9 Å². The van der Waals surface area contributed by atoms with Crippen LogP contribution in [-0.4, -0.2) is 86.3 Å². The molecule has 2 aliphatic heterocycles. The Morgan fingerprint density at radius 1 is 1.10 bits per heavy atom. The van der Waals surface area contributed by atoms with Gasteiger partial charge >= 0.3 is 0 Å². The number of carbonyl (C=O) groups is 1. The molecule has 1 amide bonds. The highest BCUT2D eigenvalue weighted by atomic mass is 32.2. The van der Waals surface area contributed by atoms with Gasteiger partial charge in [0, 0.05) is 64.3 Å². The zero-order valence-electron chi connectivity index (χ0n) is 19.2. The van der Waals surface area contributed by atoms with Gasteiger partial charge in [0.25, 0.3) is 0 Å². The summed E-state index contributed by atoms with van der Waals surface area (Å²) in [7, 11) is -3.67. The molecule has 0 bridgehead atoms. The van der Waals surface area contributed by atoms with Crippen molar-refractivity contribution in [3.63, 3.8) is 0 Å². The highest BCUT2D eigenvalue weighted by Gasteiger charge is 2.30. The van der Waals surface area contributed by atoms with Crippen LogP contribution in [-0.2, 0) is 14.8 Å². The molecule has 1 N–H and O–H groups in total. The summed E-state index contributed by atoms with van der Waals surface area (Å²) in [5.74, 6) is 0.0335. The maximum absolute atomic E-state index is 13.6. The van der Waals surface area contributed by atoms with E-state index >= 15 is 0 Å². The summed E-state index contributed by atoms with van der Waals surface area (Å²) < 4.78 is 28.6. The average Bonchev–Trinajstić information content (AvgIpc) is 2.75. The Kier molecular flexibility index (Phi) is 8.50. The molecule has 2 aliphatic rings. The van der Waals surface area contributed by atoms with E-state index in [1.807, 2.05) is 24.0 Å². The predicted octanol–water partition coefficient (Wildman–Crippen LogP) is 2.07. The van der Waals surface area contributed by atoms with E-state index in [0.29, 0.717) is 43.2 Å². The molecule has 2 saturated heterocycles. The molecule has 7 nitrogen and oxygen atoms in total. The van der Waals surface area contributed by atoms with Crippen LogP contribution in [0.4, 0.5) is 0 Å². The molecule has 31 heavy (non-hydrogen) atoms. The highest BCUT2D eigenvalue weighted by molar-refractivity contribution is 7.89. The molecule has 8 heteroatoms. The number of hydrogen-bond acceptors (Lipinski definition) is 5. The summed E-state index contributed by atoms with van der Waals surface area (Å²) in [4.78, 5) is 17.3. The number of nitrogens with one attached hydrogen (secondary N) is 1. The minimum Gasteiger partial charge on any atom is -0.340 e. The minimum absolute atomic E-state index is 0.0335. The van der Waals surface area contributed by atoms with Crippen LogP contribution in [0.25, 0.3) is 0 Å². The molecule has 174 valence electrons. The standard InChI is InChI=1S/C23H38N4O3S/c1-19-7-4-5-10-22(19)31(29,30)26(14-11-23(28)25-15-12-24-13-16-25)17-18-27-20(2)8-6-9-21(27)3/h4-5,7,10,20-21,24H,6,8-9,11-18H2,1-3H3/t20-,21+. The monoisotopic (exact) mass is 450 g/mol. The van der Waals surface area contributed by atoms with Crippen LogP contribution in [0.1, 0.15) is 45.1 Å². The smallest absolute Gasteiger partial charge is 0.243 e. The molecule has 0 spiro atoms. The van der Waals surface area contributed by atoms with Gasteiger partial charge in [0.05, 0.1) is 4.90 Å². The van der Waals surface area contributed by atoms with Crippen molar-refractivity contribution in [2.75, 3.05) is 45.8 Å². The van der Waals surface area contributed by atoms with Crippen molar-refractivity contribution in [3.8, 4) is 0 Å². The number of nitrogens with zero attached hydrogens (tertiary/aromatic N) is 3. The Morgan fingerprint density at radius 2 is 1.74 bits per heavy atom. The van der Waals surface area contributed by atoms with Crippen molar-refractivity contribution in [2.45, 2.75) is 63.4 Å². The van der Waals surface area contributed by atoms with E-state index in [1.165, 1.54) is 10.7 Å². The predicted molar refractivity (Wildman–Crippen MR) is 123 cm³/mol. The first-order valence-electron chi connectivity index (χ1n) is 11.6. The maximum atomic E-state index is 13.6. The molecule has 0 aliphatic carbocycles. The van der Waals surface area contributed by atoms with E-state index in [-0.39, 0.29) is 18.9 Å². The third-order valence-corrected chi connectivity index (χ3v) is 8.80. The van der Waals surface area contributed by atoms with Crippen LogP contribution in [0.5, 0.6) is 0 Å². The SMILES string of the molecule is Cc1ccccc1S(=O)(=O)N(CCC(=O)N1CCNCC1)CCN1[C@H](C)CCC[C@@H]1C. The average molecular weight is 451 g/mol. The van der Waals surface area contributed by atoms with E-state index in [1.54, 1.807) is 12.1 Å². The van der Waals surface area contributed by atoms with Crippen LogP contribution >= 0.6 is 0 Å². The highest BCUT2D eigenvalue weighted by Crippen LogP contribution is 2.24. The zero-order chi connectivity index (χ0) is 22.4. The lowest BCUT2D eigenvalue weighted by Gasteiger charge is -2.40. The quantitative estimate of drug-likeness (QED) is 0.656. The molecule has 2 atom stereocenters. The van der Waals surface area contributed by atoms with Gasteiger partial charge in [-0.3, -0.25) is 9.69 Å². The Morgan fingerprint density at radius 3 is 2.39 bits per heavy atom. The van der Waals surface area contributed by atoms with E-state index in [4.69, 9.17) is 0 Å². The summed E-state index contributed by atoms with van der Waals surface area (Å²) in [5, 5.41) is 3.25. The summed E-state index contributed by atoms with van der Waals surface area (Å²) >= 11 is 0. The molecule has 0 unspecified atom stereocenters. The number of aryl methyl sites for hydroxylation is 1. The van der Waals surface area contributed by atoms with Gasteiger partial charge in [-0.15, -0.1) is 0 Å². The number of sulfonamides is 1. The van der Waals surface area contributed by atoms with Gasteiger partial charge in [0.15, 0.2) is 0 Å². The number of piperidine rings is 1. The maximum Gasteiger partial charge on any atom is 0.243 e. The van der Waals surface area contributed by atoms with Crippen LogP contribution < -0.4 is 5.32 Å². The number of benzene rings is 1. The first kappa shape index (κ1) is 24.2. The number of piperazine rings is 1. The molecule has 1 aromatic rings. The number of amides is 1. The molecule has 0 radical (unpaired) electrons. The van der Waals surface area contributed by atoms with Crippen LogP contribution in [0.15, 0.2) is 29.2 Å². The largest absolute Gasteiger partial charge is 0.340 e. The van der Waals surface area contributed by atoms with Crippen molar-refractivity contribution in [1.82, 2.24) is 19.4 Å². The van der Waals surface area contributed by atoms with E-state index in [2.05, 4.69) is 24.1 Å². The zero-order valence-corrected chi connectivity index (χ0v) is 20.0. The molecule has 0 saturated carbocycles. The first-order chi connectivity index (χ1) is 14.8. The topological polar surface area (TPSA) is 73.0 Å². The summed E-state index contributed by atoms with van der Waals surface area (Å²) in [6, 6.07) is 8.01. The Bertz CT molecular complexity index is 829. The third-order valence-electron chi connectivity index (χ3n) is 6.74. The molecular formula is C23H38N4O3S. The normalized spacial score (nSPS) is 23.3. The van der Waals surface area contributed by atoms with Crippen molar-refractivity contribution in [2.24, 2.45) is 0 Å². The van der Waals surface area contributed by atoms with E-state index in [0.717, 1.165) is 31.5 Å². The second kappa shape index (κ2) is 10.9. The fourth-order valence-electron chi connectivity index (χ4n) is 4.77. The number of rotatable bonds is 8. The molecular weight excluding hydrogens is 412 g/mol. The lowest BCUT2D eigenvalue weighted by Crippen LogP contribution is -2.49. The van der Waals surface area contributed by atoms with Gasteiger partial charge in [-0.05, 0) is 45.2 Å². The Labute approximate surface area is 187 Å². The molecule has 0 aromatic heterocycles. The molecule has 2 fully saturated rings. The summed E-state index contributed by atoms with van der Waals surface area (Å²) in [6.07, 6.45) is 3.74. The van der Waals surface area contributed by atoms with Crippen molar-refractivity contribution in [1.29, 1.82) is 0 Å². The van der Waals surface area contributed by atoms with Gasteiger partial charge in [-0.2, -0.15) is 4.31 Å². The van der Waals surface area contributed by atoms with E-state index < -0.39 is 10.0 Å². The fraction of sp³-hybridized carbons (Fsp3) is 0.696. The first-order valence-corrected chi connectivity index (χ1v) is 13.0. The second-order valence-corrected chi connectivity index (χ2v) is 10.8. The number of likely N-dealkylation sites (tertiary alicyclic amines) is 1. The third kappa shape index (κ3) is 6.06. The van der Waals surface area contributed by atoms with Gasteiger partial charge in [-0.25, -0.2) is 8.42 Å². The van der Waals surface area contributed by atoms with Crippen molar-refractivity contribution in [3.05, 3.63) is 29.8 Å². The van der Waals surface area contributed by atoms with Gasteiger partial charge in [0.1, 0.15) is 0 Å². The van der Waals surface area contributed by atoms with Gasteiger partial charge in [-0.1, -0.05) is 24.6 Å². The van der Waals surface area contributed by atoms with Crippen molar-refractivity contribution < 1.29 is 13.2 Å². The van der Waals surface area contributed by atoms with Gasteiger partial charge < -0.3 is 10.2 Å². The fourth-order valence-corrected chi connectivity index (χ4v) is 6.43. The van der Waals surface area contributed by atoms with Crippen LogP contribution in [0.2, 0.25) is 0 Å². The summed E-state index contributed by atoms with van der Waals surface area (Å²) in [6.45, 7) is 10.5. The molecule has 3 rings (SSSR count). The van der Waals surface area contributed by atoms with E-state index in [9.17, 15) is 13.2 Å². The Hall–Kier alpha value is -1.48.